The summed E-state index contributed by atoms with van der Waals surface area (Å²) in [5, 5.41) is 4.52. The number of rotatable bonds is 5. The lowest BCUT2D eigenvalue weighted by atomic mass is 9.99. The number of benzene rings is 2. The van der Waals surface area contributed by atoms with Gasteiger partial charge in [-0.25, -0.2) is 0 Å². The van der Waals surface area contributed by atoms with E-state index in [0.29, 0.717) is 27.0 Å². The Labute approximate surface area is 166 Å². The number of carbonyl (C=O) groups excluding carboxylic acids is 1. The maximum atomic E-state index is 12.2. The fraction of sp³-hybridized carbons (Fsp3) is 0.200. The standard InChI is InChI=1S/C20H18Cl2N2O3/c1-11(2)15-9-19(25)24-17-8-13(4-5-14(15)17)23-20(26)10-27-18-6-3-12(21)7-16(18)22/h3-9,11H,10H2,1-2H3,(H,23,26)(H,24,25). The van der Waals surface area contributed by atoms with Crippen LogP contribution in [0.3, 0.4) is 0 Å². The summed E-state index contributed by atoms with van der Waals surface area (Å²) >= 11 is 11.9. The van der Waals surface area contributed by atoms with Gasteiger partial charge < -0.3 is 15.0 Å². The molecule has 3 rings (SSSR count). The van der Waals surface area contributed by atoms with E-state index in [1.807, 2.05) is 19.9 Å². The average molecular weight is 405 g/mol. The van der Waals surface area contributed by atoms with E-state index >= 15 is 0 Å². The molecule has 1 aromatic heterocycles. The van der Waals surface area contributed by atoms with E-state index in [1.54, 1.807) is 36.4 Å². The van der Waals surface area contributed by atoms with Gasteiger partial charge in [-0.3, -0.25) is 9.59 Å². The number of aromatic nitrogens is 1. The molecular formula is C20H18Cl2N2O3. The van der Waals surface area contributed by atoms with E-state index in [0.717, 1.165) is 10.9 Å². The first-order chi connectivity index (χ1) is 12.8. The zero-order valence-electron chi connectivity index (χ0n) is 14.8. The molecule has 0 atom stereocenters. The number of aromatic amines is 1. The fourth-order valence-corrected chi connectivity index (χ4v) is 3.24. The smallest absolute Gasteiger partial charge is 0.262 e. The third kappa shape index (κ3) is 4.62. The van der Waals surface area contributed by atoms with Crippen LogP contribution in [-0.4, -0.2) is 17.5 Å². The van der Waals surface area contributed by atoms with Crippen molar-refractivity contribution in [3.05, 3.63) is 68.4 Å². The Bertz CT molecular complexity index is 1060. The van der Waals surface area contributed by atoms with E-state index in [1.165, 1.54) is 0 Å². The van der Waals surface area contributed by atoms with Crippen LogP contribution in [0.15, 0.2) is 47.3 Å². The van der Waals surface area contributed by atoms with Crippen LogP contribution in [-0.2, 0) is 4.79 Å². The van der Waals surface area contributed by atoms with Crippen molar-refractivity contribution in [2.24, 2.45) is 0 Å². The Kier molecular flexibility index (Phi) is 5.73. The molecule has 0 radical (unpaired) electrons. The number of amides is 1. The normalized spacial score (nSPS) is 11.0. The summed E-state index contributed by atoms with van der Waals surface area (Å²) in [5.74, 6) is 0.246. The van der Waals surface area contributed by atoms with Crippen LogP contribution in [0, 0.1) is 0 Å². The maximum Gasteiger partial charge on any atom is 0.262 e. The van der Waals surface area contributed by atoms with E-state index in [2.05, 4.69) is 10.3 Å². The van der Waals surface area contributed by atoms with Crippen molar-refractivity contribution in [2.75, 3.05) is 11.9 Å². The summed E-state index contributed by atoms with van der Waals surface area (Å²) in [6, 6.07) is 11.8. The van der Waals surface area contributed by atoms with Gasteiger partial charge in [-0.05, 0) is 41.8 Å². The van der Waals surface area contributed by atoms with Crippen LogP contribution in [0.4, 0.5) is 5.69 Å². The second kappa shape index (κ2) is 8.03. The minimum atomic E-state index is -0.345. The number of ether oxygens (including phenoxy) is 1. The first kappa shape index (κ1) is 19.3. The fourth-order valence-electron chi connectivity index (χ4n) is 2.78. The van der Waals surface area contributed by atoms with Gasteiger partial charge in [0, 0.05) is 22.2 Å². The van der Waals surface area contributed by atoms with Crippen LogP contribution in [0.1, 0.15) is 25.3 Å². The highest BCUT2D eigenvalue weighted by molar-refractivity contribution is 6.35. The molecule has 0 unspecified atom stereocenters. The summed E-state index contributed by atoms with van der Waals surface area (Å²) in [6.45, 7) is 3.86. The largest absolute Gasteiger partial charge is 0.482 e. The minimum absolute atomic E-state index is 0.171. The highest BCUT2D eigenvalue weighted by Gasteiger charge is 2.10. The molecule has 0 saturated heterocycles. The lowest BCUT2D eigenvalue weighted by molar-refractivity contribution is -0.118. The molecule has 140 valence electrons. The number of pyridine rings is 1. The van der Waals surface area contributed by atoms with Crippen molar-refractivity contribution in [2.45, 2.75) is 19.8 Å². The van der Waals surface area contributed by atoms with Crippen LogP contribution in [0.25, 0.3) is 10.9 Å². The number of anilines is 1. The summed E-state index contributed by atoms with van der Waals surface area (Å²) in [5.41, 5.74) is 2.03. The van der Waals surface area contributed by atoms with Crippen LogP contribution >= 0.6 is 23.2 Å². The summed E-state index contributed by atoms with van der Waals surface area (Å²) in [7, 11) is 0. The number of carbonyl (C=O) groups is 1. The van der Waals surface area contributed by atoms with Crippen molar-refractivity contribution >= 4 is 45.7 Å². The zero-order chi connectivity index (χ0) is 19.6. The second-order valence-electron chi connectivity index (χ2n) is 6.42. The third-order valence-electron chi connectivity index (χ3n) is 4.03. The average Bonchev–Trinajstić information content (AvgIpc) is 2.59. The topological polar surface area (TPSA) is 71.2 Å². The predicted molar refractivity (Wildman–Crippen MR) is 109 cm³/mol. The lowest BCUT2D eigenvalue weighted by Crippen LogP contribution is -2.20. The quantitative estimate of drug-likeness (QED) is 0.629. The second-order valence-corrected chi connectivity index (χ2v) is 7.26. The molecule has 0 fully saturated rings. The molecule has 0 saturated carbocycles. The molecule has 0 spiro atoms. The molecule has 7 heteroatoms. The molecule has 5 nitrogen and oxygen atoms in total. The van der Waals surface area contributed by atoms with Crippen molar-refractivity contribution in [3.8, 4) is 5.75 Å². The van der Waals surface area contributed by atoms with E-state index < -0.39 is 0 Å². The highest BCUT2D eigenvalue weighted by atomic mass is 35.5. The Morgan fingerprint density at radius 1 is 1.15 bits per heavy atom. The van der Waals surface area contributed by atoms with E-state index in [4.69, 9.17) is 27.9 Å². The van der Waals surface area contributed by atoms with Gasteiger partial charge in [0.1, 0.15) is 5.75 Å². The first-order valence-corrected chi connectivity index (χ1v) is 9.14. The van der Waals surface area contributed by atoms with E-state index in [-0.39, 0.29) is 24.0 Å². The molecule has 2 aromatic carbocycles. The van der Waals surface area contributed by atoms with Crippen molar-refractivity contribution in [3.63, 3.8) is 0 Å². The third-order valence-corrected chi connectivity index (χ3v) is 4.56. The summed E-state index contributed by atoms with van der Waals surface area (Å²) in [4.78, 5) is 26.8. The number of H-pyrrole nitrogens is 1. The number of hydrogen-bond donors (Lipinski definition) is 2. The molecule has 0 bridgehead atoms. The molecule has 0 aliphatic heterocycles. The van der Waals surface area contributed by atoms with Gasteiger partial charge in [0.2, 0.25) is 5.56 Å². The monoisotopic (exact) mass is 404 g/mol. The van der Waals surface area contributed by atoms with Crippen LogP contribution < -0.4 is 15.6 Å². The highest BCUT2D eigenvalue weighted by Crippen LogP contribution is 2.28. The van der Waals surface area contributed by atoms with Gasteiger partial charge in [-0.1, -0.05) is 43.1 Å². The van der Waals surface area contributed by atoms with Gasteiger partial charge in [0.25, 0.3) is 5.91 Å². The van der Waals surface area contributed by atoms with Crippen molar-refractivity contribution in [1.29, 1.82) is 0 Å². The zero-order valence-corrected chi connectivity index (χ0v) is 16.3. The Hall–Kier alpha value is -2.50. The van der Waals surface area contributed by atoms with Gasteiger partial charge in [-0.2, -0.15) is 0 Å². The van der Waals surface area contributed by atoms with Crippen LogP contribution in [0.2, 0.25) is 10.0 Å². The Morgan fingerprint density at radius 2 is 1.93 bits per heavy atom. The molecule has 0 aliphatic rings. The molecule has 27 heavy (non-hydrogen) atoms. The first-order valence-electron chi connectivity index (χ1n) is 8.38. The summed E-state index contributed by atoms with van der Waals surface area (Å²) in [6.07, 6.45) is 0. The maximum absolute atomic E-state index is 12.2. The lowest BCUT2D eigenvalue weighted by Gasteiger charge is -2.12. The number of fused-ring (bicyclic) bond motifs is 1. The molecular weight excluding hydrogens is 387 g/mol. The molecule has 2 N–H and O–H groups in total. The molecule has 3 aromatic rings. The van der Waals surface area contributed by atoms with Crippen molar-refractivity contribution < 1.29 is 9.53 Å². The molecule has 0 aliphatic carbocycles. The van der Waals surface area contributed by atoms with Crippen molar-refractivity contribution in [1.82, 2.24) is 4.98 Å². The van der Waals surface area contributed by atoms with Crippen LogP contribution in [0.5, 0.6) is 5.75 Å². The molecule has 1 amide bonds. The van der Waals surface area contributed by atoms with E-state index in [9.17, 15) is 9.59 Å². The number of nitrogens with one attached hydrogen (secondary N) is 2. The Balaban J connectivity index is 1.74. The number of halogens is 2. The van der Waals surface area contributed by atoms with Gasteiger partial charge in [-0.15, -0.1) is 0 Å². The van der Waals surface area contributed by atoms with Gasteiger partial charge >= 0.3 is 0 Å². The molecule has 1 heterocycles. The van der Waals surface area contributed by atoms with Gasteiger partial charge in [0.05, 0.1) is 10.5 Å². The predicted octanol–water partition coefficient (Wildman–Crippen LogP) is 4.98. The SMILES string of the molecule is CC(C)c1cc(=O)[nH]c2cc(NC(=O)COc3ccc(Cl)cc3Cl)ccc12. The minimum Gasteiger partial charge on any atom is -0.482 e. The Morgan fingerprint density at radius 3 is 2.63 bits per heavy atom. The van der Waals surface area contributed by atoms with Gasteiger partial charge in [0.15, 0.2) is 6.61 Å². The number of hydrogen-bond acceptors (Lipinski definition) is 3. The summed E-state index contributed by atoms with van der Waals surface area (Å²) < 4.78 is 5.42.